The van der Waals surface area contributed by atoms with Gasteiger partial charge in [0, 0.05) is 12.8 Å². The summed E-state index contributed by atoms with van der Waals surface area (Å²) in [4.78, 5) is 14.1. The fraction of sp³-hybridized carbons (Fsp3) is 0.250. The average Bonchev–Trinajstić information content (AvgIpc) is 2.91. The molecular formula is C12H11NO3. The van der Waals surface area contributed by atoms with Crippen molar-refractivity contribution in [2.24, 2.45) is 4.99 Å². The normalized spacial score (nSPS) is 10.3. The summed E-state index contributed by atoms with van der Waals surface area (Å²) in [5.41, 5.74) is 0. The molecule has 0 saturated carbocycles. The molecule has 0 amide bonds. The van der Waals surface area contributed by atoms with E-state index in [2.05, 4.69) is 4.99 Å². The first-order valence-corrected chi connectivity index (χ1v) is 5.00. The molecule has 2 aromatic rings. The molecule has 2 rings (SSSR count). The smallest absolute Gasteiger partial charge is 0.235 e. The van der Waals surface area contributed by atoms with E-state index in [1.807, 2.05) is 24.3 Å². The third-order valence-corrected chi connectivity index (χ3v) is 2.27. The molecular weight excluding hydrogens is 206 g/mol. The van der Waals surface area contributed by atoms with Gasteiger partial charge in [0.2, 0.25) is 6.08 Å². The van der Waals surface area contributed by atoms with Gasteiger partial charge in [-0.2, -0.15) is 0 Å². The molecule has 82 valence electrons. The summed E-state index contributed by atoms with van der Waals surface area (Å²) in [7, 11) is 0. The van der Waals surface area contributed by atoms with Gasteiger partial charge in [0.05, 0.1) is 18.6 Å². The molecule has 0 unspecified atom stereocenters. The molecule has 0 saturated heterocycles. The Hall–Kier alpha value is -2.06. The van der Waals surface area contributed by atoms with E-state index in [0.717, 1.165) is 11.5 Å². The van der Waals surface area contributed by atoms with Crippen LogP contribution in [0.15, 0.2) is 50.6 Å². The van der Waals surface area contributed by atoms with E-state index in [9.17, 15) is 4.79 Å². The molecule has 0 aromatic carbocycles. The highest BCUT2D eigenvalue weighted by molar-refractivity contribution is 5.34. The molecule has 0 radical (unpaired) electrons. The second-order valence-electron chi connectivity index (χ2n) is 3.44. The summed E-state index contributed by atoms with van der Waals surface area (Å²) in [5.74, 6) is 1.60. The van der Waals surface area contributed by atoms with Crippen molar-refractivity contribution < 1.29 is 13.6 Å². The van der Waals surface area contributed by atoms with Crippen molar-refractivity contribution in [2.75, 3.05) is 0 Å². The molecule has 0 atom stereocenters. The number of aliphatic imine (C=N–C) groups is 1. The standard InChI is InChI=1S/C12H11NO3/c14-9-13-10(7-11-3-1-5-15-11)8-12-4-2-6-16-12/h1-6,10H,7-8H2. The van der Waals surface area contributed by atoms with Crippen LogP contribution in [0.5, 0.6) is 0 Å². The van der Waals surface area contributed by atoms with Crippen LogP contribution in [0.1, 0.15) is 11.5 Å². The molecule has 2 aromatic heterocycles. The Kier molecular flexibility index (Phi) is 3.36. The molecule has 0 aliphatic carbocycles. The summed E-state index contributed by atoms with van der Waals surface area (Å²) < 4.78 is 10.4. The first-order chi connectivity index (χ1) is 7.88. The average molecular weight is 217 g/mol. The van der Waals surface area contributed by atoms with E-state index in [0.29, 0.717) is 12.8 Å². The second kappa shape index (κ2) is 5.14. The Morgan fingerprint density at radius 2 is 1.69 bits per heavy atom. The van der Waals surface area contributed by atoms with Crippen molar-refractivity contribution in [3.8, 4) is 0 Å². The number of rotatable bonds is 5. The van der Waals surface area contributed by atoms with Gasteiger partial charge in [0.25, 0.3) is 0 Å². The maximum Gasteiger partial charge on any atom is 0.235 e. The number of isocyanates is 1. The van der Waals surface area contributed by atoms with Crippen LogP contribution in [0.4, 0.5) is 0 Å². The third kappa shape index (κ3) is 2.72. The van der Waals surface area contributed by atoms with Crippen LogP contribution in [0.2, 0.25) is 0 Å². The number of nitrogens with zero attached hydrogens (tertiary/aromatic N) is 1. The number of hydrogen-bond donors (Lipinski definition) is 0. The molecule has 0 fully saturated rings. The molecule has 0 aliphatic heterocycles. The fourth-order valence-corrected chi connectivity index (χ4v) is 1.56. The molecule has 2 heterocycles. The highest BCUT2D eigenvalue weighted by Gasteiger charge is 2.12. The maximum atomic E-state index is 10.3. The van der Waals surface area contributed by atoms with Crippen LogP contribution in [0, 0.1) is 0 Å². The van der Waals surface area contributed by atoms with Crippen LogP contribution in [0.25, 0.3) is 0 Å². The minimum Gasteiger partial charge on any atom is -0.469 e. The lowest BCUT2D eigenvalue weighted by molar-refractivity contribution is 0.451. The first kappa shape index (κ1) is 10.5. The number of carbonyl (C=O) groups excluding carboxylic acids is 1. The minimum absolute atomic E-state index is 0.185. The van der Waals surface area contributed by atoms with E-state index < -0.39 is 0 Å². The van der Waals surface area contributed by atoms with E-state index in [1.54, 1.807) is 18.6 Å². The molecule has 16 heavy (non-hydrogen) atoms. The van der Waals surface area contributed by atoms with Gasteiger partial charge in [-0.25, -0.2) is 9.79 Å². The van der Waals surface area contributed by atoms with Gasteiger partial charge in [0.1, 0.15) is 11.5 Å². The van der Waals surface area contributed by atoms with Crippen molar-refractivity contribution in [3.05, 3.63) is 48.3 Å². The zero-order valence-corrected chi connectivity index (χ0v) is 8.63. The van der Waals surface area contributed by atoms with Gasteiger partial charge in [-0.1, -0.05) is 0 Å². The predicted octanol–water partition coefficient (Wildman–Crippen LogP) is 2.36. The van der Waals surface area contributed by atoms with Gasteiger partial charge in [-0.15, -0.1) is 0 Å². The lowest BCUT2D eigenvalue weighted by Crippen LogP contribution is -2.11. The quantitative estimate of drug-likeness (QED) is 0.570. The zero-order chi connectivity index (χ0) is 11.2. The van der Waals surface area contributed by atoms with Crippen molar-refractivity contribution >= 4 is 6.08 Å². The highest BCUT2D eigenvalue weighted by Crippen LogP contribution is 2.12. The van der Waals surface area contributed by atoms with Crippen LogP contribution >= 0.6 is 0 Å². The van der Waals surface area contributed by atoms with Crippen molar-refractivity contribution in [1.82, 2.24) is 0 Å². The van der Waals surface area contributed by atoms with Crippen LogP contribution in [-0.2, 0) is 17.6 Å². The number of furan rings is 2. The molecule has 0 spiro atoms. The van der Waals surface area contributed by atoms with Crippen molar-refractivity contribution in [1.29, 1.82) is 0 Å². The van der Waals surface area contributed by atoms with Crippen LogP contribution in [-0.4, -0.2) is 12.1 Å². The van der Waals surface area contributed by atoms with Crippen molar-refractivity contribution in [3.63, 3.8) is 0 Å². The zero-order valence-electron chi connectivity index (χ0n) is 8.63. The van der Waals surface area contributed by atoms with Gasteiger partial charge in [-0.05, 0) is 24.3 Å². The predicted molar refractivity (Wildman–Crippen MR) is 56.7 cm³/mol. The molecule has 0 bridgehead atoms. The monoisotopic (exact) mass is 217 g/mol. The highest BCUT2D eigenvalue weighted by atomic mass is 16.3. The Morgan fingerprint density at radius 3 is 2.06 bits per heavy atom. The number of hydrogen-bond acceptors (Lipinski definition) is 4. The topological polar surface area (TPSA) is 55.7 Å². The van der Waals surface area contributed by atoms with Gasteiger partial charge < -0.3 is 8.83 Å². The lowest BCUT2D eigenvalue weighted by Gasteiger charge is -2.06. The van der Waals surface area contributed by atoms with Gasteiger partial charge in [0.15, 0.2) is 0 Å². The van der Waals surface area contributed by atoms with E-state index in [1.165, 1.54) is 0 Å². The van der Waals surface area contributed by atoms with E-state index in [-0.39, 0.29) is 6.04 Å². The maximum absolute atomic E-state index is 10.3. The third-order valence-electron chi connectivity index (χ3n) is 2.27. The molecule has 4 nitrogen and oxygen atoms in total. The molecule has 4 heteroatoms. The SMILES string of the molecule is O=C=NC(Cc1ccco1)Cc1ccco1. The first-order valence-electron chi connectivity index (χ1n) is 5.00. The largest absolute Gasteiger partial charge is 0.469 e. The fourth-order valence-electron chi connectivity index (χ4n) is 1.56. The summed E-state index contributed by atoms with van der Waals surface area (Å²) >= 11 is 0. The van der Waals surface area contributed by atoms with Crippen LogP contribution in [0.3, 0.4) is 0 Å². The summed E-state index contributed by atoms with van der Waals surface area (Å²) in [6.07, 6.45) is 5.93. The van der Waals surface area contributed by atoms with E-state index >= 15 is 0 Å². The molecule has 0 aliphatic rings. The van der Waals surface area contributed by atoms with Crippen LogP contribution < -0.4 is 0 Å². The van der Waals surface area contributed by atoms with E-state index in [4.69, 9.17) is 8.83 Å². The Balaban J connectivity index is 2.03. The molecule has 0 N–H and O–H groups in total. The Labute approximate surface area is 92.6 Å². The van der Waals surface area contributed by atoms with Crippen molar-refractivity contribution in [2.45, 2.75) is 18.9 Å². The minimum atomic E-state index is -0.185. The Morgan fingerprint density at radius 1 is 1.12 bits per heavy atom. The summed E-state index contributed by atoms with van der Waals surface area (Å²) in [5, 5.41) is 0. The summed E-state index contributed by atoms with van der Waals surface area (Å²) in [6.45, 7) is 0. The second-order valence-corrected chi connectivity index (χ2v) is 3.44. The van der Waals surface area contributed by atoms with Gasteiger partial charge >= 0.3 is 0 Å². The lowest BCUT2D eigenvalue weighted by atomic mass is 10.1. The summed E-state index contributed by atoms with van der Waals surface area (Å²) in [6, 6.07) is 7.15. The van der Waals surface area contributed by atoms with Gasteiger partial charge in [-0.3, -0.25) is 0 Å². The Bertz CT molecular complexity index is 416.